The van der Waals surface area contributed by atoms with E-state index < -0.39 is 0 Å². The Kier molecular flexibility index (Phi) is 4.04. The first kappa shape index (κ1) is 14.2. The number of hydrogen-bond acceptors (Lipinski definition) is 3. The number of nitrogens with two attached hydrogens (primary N) is 1. The minimum absolute atomic E-state index is 0.0636. The Hall–Kier alpha value is -1.71. The Morgan fingerprint density at radius 3 is 3.00 bits per heavy atom. The lowest BCUT2D eigenvalue weighted by atomic mass is 9.85. The maximum atomic E-state index is 11.4. The molecule has 1 aromatic carbocycles. The lowest BCUT2D eigenvalue weighted by molar-refractivity contribution is -0.116. The molecule has 21 heavy (non-hydrogen) atoms. The molecular weight excluding hydrogens is 264 g/mol. The number of nitrogen functional groups attached to an aromatic ring is 1. The number of ether oxygens (including phenoxy) is 1. The predicted molar refractivity (Wildman–Crippen MR) is 84.5 cm³/mol. The highest BCUT2D eigenvalue weighted by Crippen LogP contribution is 2.35. The average Bonchev–Trinajstić information content (AvgIpc) is 2.48. The lowest BCUT2D eigenvalue weighted by Gasteiger charge is -2.30. The normalized spacial score (nSPS) is 25.1. The molecule has 1 saturated carbocycles. The highest BCUT2D eigenvalue weighted by atomic mass is 16.5. The molecule has 2 aliphatic rings. The zero-order valence-electron chi connectivity index (χ0n) is 12.7. The van der Waals surface area contributed by atoms with E-state index in [1.54, 1.807) is 0 Å². The van der Waals surface area contributed by atoms with E-state index in [-0.39, 0.29) is 12.0 Å². The van der Waals surface area contributed by atoms with Gasteiger partial charge in [0, 0.05) is 12.1 Å². The molecule has 1 heterocycles. The van der Waals surface area contributed by atoms with Gasteiger partial charge in [-0.1, -0.05) is 19.8 Å². The van der Waals surface area contributed by atoms with Crippen LogP contribution in [0, 0.1) is 5.92 Å². The van der Waals surface area contributed by atoms with Crippen LogP contribution in [-0.4, -0.2) is 12.0 Å². The topological polar surface area (TPSA) is 64.3 Å². The molecule has 1 aromatic rings. The van der Waals surface area contributed by atoms with Gasteiger partial charge < -0.3 is 15.8 Å². The van der Waals surface area contributed by atoms with Crippen molar-refractivity contribution in [3.63, 3.8) is 0 Å². The van der Waals surface area contributed by atoms with Gasteiger partial charge in [0.15, 0.2) is 0 Å². The van der Waals surface area contributed by atoms with E-state index in [4.69, 9.17) is 10.5 Å². The number of anilines is 2. The average molecular weight is 288 g/mol. The number of benzene rings is 1. The van der Waals surface area contributed by atoms with E-state index in [1.165, 1.54) is 19.3 Å². The number of amides is 1. The molecule has 1 aliphatic carbocycles. The molecule has 1 aliphatic heterocycles. The zero-order chi connectivity index (χ0) is 14.8. The molecule has 114 valence electrons. The van der Waals surface area contributed by atoms with Crippen LogP contribution in [0.25, 0.3) is 0 Å². The van der Waals surface area contributed by atoms with Crippen LogP contribution >= 0.6 is 0 Å². The van der Waals surface area contributed by atoms with Crippen LogP contribution < -0.4 is 15.8 Å². The Bertz CT molecular complexity index is 542. The van der Waals surface area contributed by atoms with Gasteiger partial charge in [-0.05, 0) is 49.3 Å². The summed E-state index contributed by atoms with van der Waals surface area (Å²) in [4.78, 5) is 11.4. The zero-order valence-corrected chi connectivity index (χ0v) is 12.7. The summed E-state index contributed by atoms with van der Waals surface area (Å²) in [5, 5.41) is 2.87. The van der Waals surface area contributed by atoms with Gasteiger partial charge in [0.1, 0.15) is 5.75 Å². The highest BCUT2D eigenvalue weighted by Gasteiger charge is 2.24. The fourth-order valence-corrected chi connectivity index (χ4v) is 3.42. The van der Waals surface area contributed by atoms with Gasteiger partial charge in [-0.25, -0.2) is 0 Å². The molecule has 4 nitrogen and oxygen atoms in total. The number of nitrogens with one attached hydrogen (secondary N) is 1. The Morgan fingerprint density at radius 2 is 2.19 bits per heavy atom. The van der Waals surface area contributed by atoms with Gasteiger partial charge in [-0.2, -0.15) is 0 Å². The molecule has 3 N–H and O–H groups in total. The van der Waals surface area contributed by atoms with Crippen LogP contribution in [0.15, 0.2) is 12.1 Å². The highest BCUT2D eigenvalue weighted by molar-refractivity contribution is 5.94. The smallest absolute Gasteiger partial charge is 0.224 e. The largest absolute Gasteiger partial charge is 0.488 e. The van der Waals surface area contributed by atoms with E-state index in [2.05, 4.69) is 12.2 Å². The van der Waals surface area contributed by atoms with Gasteiger partial charge in [0.2, 0.25) is 5.91 Å². The summed E-state index contributed by atoms with van der Waals surface area (Å²) < 4.78 is 6.17. The first-order valence-electron chi connectivity index (χ1n) is 8.04. The summed E-state index contributed by atoms with van der Waals surface area (Å²) in [6.07, 6.45) is 7.62. The first-order valence-corrected chi connectivity index (χ1v) is 8.04. The van der Waals surface area contributed by atoms with Crippen molar-refractivity contribution < 1.29 is 9.53 Å². The predicted octanol–water partition coefficient (Wildman–Crippen LogP) is 3.50. The molecule has 4 heteroatoms. The summed E-state index contributed by atoms with van der Waals surface area (Å²) in [7, 11) is 0. The Labute approximate surface area is 126 Å². The van der Waals surface area contributed by atoms with Crippen molar-refractivity contribution in [2.45, 2.75) is 58.0 Å². The Morgan fingerprint density at radius 1 is 1.33 bits per heavy atom. The molecule has 3 rings (SSSR count). The number of carbonyl (C=O) groups is 1. The number of rotatable bonds is 3. The van der Waals surface area contributed by atoms with Crippen molar-refractivity contribution in [2.75, 3.05) is 11.1 Å². The number of carbonyl (C=O) groups excluding carboxylic acids is 1. The number of hydrogen-bond donors (Lipinski definition) is 2. The summed E-state index contributed by atoms with van der Waals surface area (Å²) in [6, 6.07) is 3.85. The molecule has 1 fully saturated rings. The van der Waals surface area contributed by atoms with Crippen molar-refractivity contribution in [3.05, 3.63) is 17.7 Å². The standard InChI is InChI=1S/C17H24N2O2/c1-2-11-4-3-5-13(8-11)21-16-9-12-6-7-17(20)19-15(12)10-14(16)18/h9-11,13H,2-8,18H2,1H3,(H,19,20). The van der Waals surface area contributed by atoms with Crippen LogP contribution in [0.1, 0.15) is 51.0 Å². The quantitative estimate of drug-likeness (QED) is 0.837. The van der Waals surface area contributed by atoms with E-state index >= 15 is 0 Å². The monoisotopic (exact) mass is 288 g/mol. The van der Waals surface area contributed by atoms with Crippen LogP contribution in [0.3, 0.4) is 0 Å². The number of aryl methyl sites for hydroxylation is 1. The minimum atomic E-state index is 0.0636. The molecule has 1 amide bonds. The van der Waals surface area contributed by atoms with Gasteiger partial charge in [-0.15, -0.1) is 0 Å². The van der Waals surface area contributed by atoms with E-state index in [0.717, 1.165) is 42.2 Å². The third kappa shape index (κ3) is 3.14. The summed E-state index contributed by atoms with van der Waals surface area (Å²) in [5.41, 5.74) is 8.68. The van der Waals surface area contributed by atoms with Gasteiger partial charge in [-0.3, -0.25) is 4.79 Å². The molecule has 2 atom stereocenters. The Balaban J connectivity index is 1.75. The van der Waals surface area contributed by atoms with Crippen molar-refractivity contribution >= 4 is 17.3 Å². The van der Waals surface area contributed by atoms with Crippen LogP contribution in [-0.2, 0) is 11.2 Å². The van der Waals surface area contributed by atoms with Crippen molar-refractivity contribution in [1.29, 1.82) is 0 Å². The van der Waals surface area contributed by atoms with Crippen LogP contribution in [0.4, 0.5) is 11.4 Å². The summed E-state index contributed by atoms with van der Waals surface area (Å²) in [6.45, 7) is 2.25. The van der Waals surface area contributed by atoms with Crippen molar-refractivity contribution in [1.82, 2.24) is 0 Å². The molecule has 0 spiro atoms. The molecule has 0 bridgehead atoms. The van der Waals surface area contributed by atoms with E-state index in [9.17, 15) is 4.79 Å². The molecule has 2 unspecified atom stereocenters. The molecule has 0 aromatic heterocycles. The van der Waals surface area contributed by atoms with Crippen LogP contribution in [0.2, 0.25) is 0 Å². The minimum Gasteiger partial charge on any atom is -0.488 e. The third-order valence-electron chi connectivity index (χ3n) is 4.74. The van der Waals surface area contributed by atoms with Crippen LogP contribution in [0.5, 0.6) is 5.75 Å². The second-order valence-corrected chi connectivity index (χ2v) is 6.28. The maximum absolute atomic E-state index is 11.4. The number of fused-ring (bicyclic) bond motifs is 1. The fourth-order valence-electron chi connectivity index (χ4n) is 3.42. The first-order chi connectivity index (χ1) is 10.2. The molecule has 0 saturated heterocycles. The van der Waals surface area contributed by atoms with E-state index in [1.807, 2.05) is 12.1 Å². The SMILES string of the molecule is CCC1CCCC(Oc2cc3c(cc2N)NC(=O)CC3)C1. The van der Waals surface area contributed by atoms with Gasteiger partial charge in [0.25, 0.3) is 0 Å². The van der Waals surface area contributed by atoms with Crippen molar-refractivity contribution in [3.8, 4) is 5.75 Å². The molecule has 0 radical (unpaired) electrons. The summed E-state index contributed by atoms with van der Waals surface area (Å²) >= 11 is 0. The van der Waals surface area contributed by atoms with Gasteiger partial charge in [0.05, 0.1) is 11.8 Å². The maximum Gasteiger partial charge on any atom is 0.224 e. The van der Waals surface area contributed by atoms with E-state index in [0.29, 0.717) is 12.1 Å². The fraction of sp³-hybridized carbons (Fsp3) is 0.588. The molecular formula is C17H24N2O2. The summed E-state index contributed by atoms with van der Waals surface area (Å²) in [5.74, 6) is 1.63. The van der Waals surface area contributed by atoms with Crippen molar-refractivity contribution in [2.24, 2.45) is 5.92 Å². The second kappa shape index (κ2) is 5.96. The third-order valence-corrected chi connectivity index (χ3v) is 4.74. The second-order valence-electron chi connectivity index (χ2n) is 6.28. The lowest BCUT2D eigenvalue weighted by Crippen LogP contribution is -2.26. The van der Waals surface area contributed by atoms with Gasteiger partial charge >= 0.3 is 0 Å².